The molecule has 1 amide bonds. The van der Waals surface area contributed by atoms with Gasteiger partial charge < -0.3 is 19.9 Å². The van der Waals surface area contributed by atoms with Crippen LogP contribution in [0.15, 0.2) is 17.0 Å². The molecule has 3 aromatic rings. The number of amides is 1. The van der Waals surface area contributed by atoms with Crippen molar-refractivity contribution >= 4 is 43.9 Å². The van der Waals surface area contributed by atoms with Gasteiger partial charge in [0.15, 0.2) is 5.01 Å². The Kier molecular flexibility index (Phi) is 8.20. The van der Waals surface area contributed by atoms with Gasteiger partial charge in [0.05, 0.1) is 21.5 Å². The molecule has 1 aliphatic heterocycles. The number of piperazine rings is 1. The number of ether oxygens (including phenoxy) is 1. The molecule has 2 fully saturated rings. The fourth-order valence-electron chi connectivity index (χ4n) is 4.67. The lowest BCUT2D eigenvalue weighted by molar-refractivity contribution is -0.134. The molecular formula is C25H34F2N8O4S2. The van der Waals surface area contributed by atoms with Gasteiger partial charge in [-0.2, -0.15) is 0 Å². The van der Waals surface area contributed by atoms with Gasteiger partial charge in [-0.3, -0.25) is 4.79 Å². The van der Waals surface area contributed by atoms with E-state index in [0.29, 0.717) is 60.7 Å². The van der Waals surface area contributed by atoms with Gasteiger partial charge in [0, 0.05) is 44.2 Å². The van der Waals surface area contributed by atoms with Gasteiger partial charge in [0.2, 0.25) is 26.9 Å². The minimum Gasteiger partial charge on any atom is -0.475 e. The van der Waals surface area contributed by atoms with Crippen molar-refractivity contribution in [3.05, 3.63) is 17.1 Å². The molecule has 12 nitrogen and oxygen atoms in total. The quantitative estimate of drug-likeness (QED) is 0.313. The largest absolute Gasteiger partial charge is 0.475 e. The Morgan fingerprint density at radius 2 is 1.88 bits per heavy atom. The number of fused-ring (bicyclic) bond motifs is 1. The predicted octanol–water partition coefficient (Wildman–Crippen LogP) is 2.55. The number of alkyl halides is 2. The van der Waals surface area contributed by atoms with E-state index < -0.39 is 27.0 Å². The van der Waals surface area contributed by atoms with E-state index in [0.717, 1.165) is 12.8 Å². The molecule has 3 heterocycles. The fraction of sp³-hybridized carbons (Fsp3) is 0.600. The first-order chi connectivity index (χ1) is 19.4. The smallest absolute Gasteiger partial charge is 0.291 e. The molecule has 1 saturated carbocycles. The van der Waals surface area contributed by atoms with Crippen LogP contribution < -0.4 is 19.7 Å². The Balaban J connectivity index is 1.65. The second-order valence-electron chi connectivity index (χ2n) is 10.9. The highest BCUT2D eigenvalue weighted by molar-refractivity contribution is 7.89. The monoisotopic (exact) mass is 612 g/mol. The van der Waals surface area contributed by atoms with Crippen molar-refractivity contribution < 1.29 is 26.7 Å². The van der Waals surface area contributed by atoms with Crippen molar-refractivity contribution in [3.63, 3.8) is 0 Å². The first kappa shape index (κ1) is 29.5. The van der Waals surface area contributed by atoms with Crippen LogP contribution in [0.2, 0.25) is 0 Å². The number of hydrogen-bond donors (Lipinski definition) is 2. The van der Waals surface area contributed by atoms with E-state index in [1.165, 1.54) is 10.7 Å². The lowest BCUT2D eigenvalue weighted by atomic mass is 10.1. The zero-order valence-corrected chi connectivity index (χ0v) is 25.0. The average Bonchev–Trinajstić information content (AvgIpc) is 3.31. The second-order valence-corrected chi connectivity index (χ2v) is 13.5. The fourth-order valence-corrected chi connectivity index (χ4v) is 6.84. The van der Waals surface area contributed by atoms with Crippen LogP contribution >= 0.6 is 11.3 Å². The highest BCUT2D eigenvalue weighted by atomic mass is 32.2. The molecule has 0 radical (unpaired) electrons. The minimum atomic E-state index is -3.95. The molecule has 0 atom stereocenters. The third-order valence-electron chi connectivity index (χ3n) is 7.21. The zero-order valence-electron chi connectivity index (χ0n) is 23.4. The van der Waals surface area contributed by atoms with Gasteiger partial charge in [0.25, 0.3) is 6.43 Å². The summed E-state index contributed by atoms with van der Waals surface area (Å²) in [4.78, 5) is 16.4. The van der Waals surface area contributed by atoms with Gasteiger partial charge in [-0.15, -0.1) is 15.3 Å². The number of likely N-dealkylation sites (N-methyl/N-ethyl adjacent to an activating group) is 1. The number of anilines is 1. The number of nitrogens with zero attached hydrogens (tertiary/aromatic N) is 6. The van der Waals surface area contributed by atoms with Gasteiger partial charge in [0.1, 0.15) is 6.61 Å². The van der Waals surface area contributed by atoms with E-state index in [2.05, 4.69) is 25.3 Å². The molecule has 41 heavy (non-hydrogen) atoms. The summed E-state index contributed by atoms with van der Waals surface area (Å²) in [6, 6.07) is 3.06. The maximum Gasteiger partial charge on any atom is 0.291 e. The number of nitrogens with one attached hydrogen (secondary N) is 2. The van der Waals surface area contributed by atoms with Crippen molar-refractivity contribution in [3.8, 4) is 11.0 Å². The van der Waals surface area contributed by atoms with Crippen molar-refractivity contribution in [2.75, 3.05) is 51.3 Å². The van der Waals surface area contributed by atoms with E-state index in [-0.39, 0.29) is 34.3 Å². The molecule has 1 saturated heterocycles. The van der Waals surface area contributed by atoms with Crippen molar-refractivity contribution in [1.82, 2.24) is 34.9 Å². The number of carbonyl (C=O) groups excluding carboxylic acids is 1. The average molecular weight is 613 g/mol. The number of benzene rings is 1. The summed E-state index contributed by atoms with van der Waals surface area (Å²) in [7, 11) is -2.17. The molecule has 0 unspecified atom stereocenters. The number of sulfonamides is 1. The van der Waals surface area contributed by atoms with Gasteiger partial charge >= 0.3 is 0 Å². The molecule has 1 aliphatic carbocycles. The third-order valence-corrected chi connectivity index (χ3v) is 9.73. The topological polar surface area (TPSA) is 135 Å². The molecule has 2 aliphatic rings. The predicted molar refractivity (Wildman–Crippen MR) is 151 cm³/mol. The van der Waals surface area contributed by atoms with Crippen molar-refractivity contribution in [2.45, 2.75) is 50.5 Å². The van der Waals surface area contributed by atoms with Gasteiger partial charge in [-0.05, 0) is 38.9 Å². The molecule has 2 N–H and O–H groups in total. The summed E-state index contributed by atoms with van der Waals surface area (Å²) in [5.41, 5.74) is 0.384. The van der Waals surface area contributed by atoms with Crippen LogP contribution in [0.1, 0.15) is 45.0 Å². The van der Waals surface area contributed by atoms with Crippen LogP contribution in [-0.4, -0.2) is 91.1 Å². The summed E-state index contributed by atoms with van der Waals surface area (Å²) >= 11 is 0.669. The van der Waals surface area contributed by atoms with Crippen molar-refractivity contribution in [1.29, 1.82) is 0 Å². The second kappa shape index (κ2) is 11.4. The number of aromatic nitrogens is 4. The Morgan fingerprint density at radius 3 is 2.46 bits per heavy atom. The highest BCUT2D eigenvalue weighted by Crippen LogP contribution is 2.41. The Morgan fingerprint density at radius 1 is 1.17 bits per heavy atom. The molecule has 16 heteroatoms. The first-order valence-electron chi connectivity index (χ1n) is 13.5. The van der Waals surface area contributed by atoms with Gasteiger partial charge in [-0.1, -0.05) is 25.2 Å². The van der Waals surface area contributed by atoms with E-state index in [9.17, 15) is 22.0 Å². The Labute approximate surface area is 241 Å². The number of halogens is 2. The summed E-state index contributed by atoms with van der Waals surface area (Å²) in [5, 5.41) is 15.2. The zero-order chi connectivity index (χ0) is 29.5. The molecule has 0 bridgehead atoms. The van der Waals surface area contributed by atoms with Crippen LogP contribution in [0, 0.1) is 5.92 Å². The molecule has 2 aromatic heterocycles. The molecule has 224 valence electrons. The maximum absolute atomic E-state index is 13.6. The summed E-state index contributed by atoms with van der Waals surface area (Å²) in [5.74, 6) is 0.140. The van der Waals surface area contributed by atoms with Crippen LogP contribution in [0.3, 0.4) is 0 Å². The van der Waals surface area contributed by atoms with E-state index in [4.69, 9.17) is 4.74 Å². The lowest BCUT2D eigenvalue weighted by Crippen LogP contribution is -2.50. The third kappa shape index (κ3) is 6.15. The standard InChI is InChI=1S/C25H34F2N8O4S2/c1-15(2)23(36)34-10-8-33(9-11-34)17-13-16(41(37,38)32-25(3)5-6-25)14-18-19(17)21(39-12-7-28-4)31-35(18)24-30-29-22(40-24)20(26)27/h13-15,20,28,32H,5-12H2,1-4H3. The molecule has 1 aromatic carbocycles. The Bertz CT molecular complexity index is 1530. The SMILES string of the molecule is CNCCOc1nn(-c2nnc(C(F)F)s2)c2cc(S(=O)(=O)NC3(C)CC3)cc(N3CCN(C(=O)C(C)C)CC3)c12. The molecule has 5 rings (SSSR count). The molecule has 0 spiro atoms. The Hall–Kier alpha value is -2.95. The number of carbonyl (C=O) groups is 1. The van der Waals surface area contributed by atoms with E-state index in [1.54, 1.807) is 18.0 Å². The maximum atomic E-state index is 13.6. The van der Waals surface area contributed by atoms with E-state index in [1.807, 2.05) is 25.7 Å². The van der Waals surface area contributed by atoms with Crippen LogP contribution in [-0.2, 0) is 14.8 Å². The highest BCUT2D eigenvalue weighted by Gasteiger charge is 2.42. The molecular weight excluding hydrogens is 578 g/mol. The summed E-state index contributed by atoms with van der Waals surface area (Å²) in [6.07, 6.45) is -1.35. The van der Waals surface area contributed by atoms with Gasteiger partial charge in [-0.25, -0.2) is 26.6 Å². The lowest BCUT2D eigenvalue weighted by Gasteiger charge is -2.37. The van der Waals surface area contributed by atoms with Crippen molar-refractivity contribution in [2.24, 2.45) is 5.92 Å². The van der Waals surface area contributed by atoms with Crippen LogP contribution in [0.4, 0.5) is 14.5 Å². The number of hydrogen-bond acceptors (Lipinski definition) is 10. The van der Waals surface area contributed by atoms with Crippen LogP contribution in [0.25, 0.3) is 16.0 Å². The minimum absolute atomic E-state index is 0.00957. The normalized spacial score (nSPS) is 17.2. The first-order valence-corrected chi connectivity index (χ1v) is 15.8. The summed E-state index contributed by atoms with van der Waals surface area (Å²) < 4.78 is 64.0. The van der Waals surface area contributed by atoms with Crippen LogP contribution in [0.5, 0.6) is 5.88 Å². The summed E-state index contributed by atoms with van der Waals surface area (Å²) in [6.45, 7) is 8.18. The van der Waals surface area contributed by atoms with E-state index >= 15 is 0 Å². The number of rotatable bonds is 11.